The summed E-state index contributed by atoms with van der Waals surface area (Å²) < 4.78 is 29.3. The summed E-state index contributed by atoms with van der Waals surface area (Å²) in [5.74, 6) is 0.117. The van der Waals surface area contributed by atoms with Crippen LogP contribution < -0.4 is 10.3 Å². The number of hydrogen-bond acceptors (Lipinski definition) is 3. The monoisotopic (exact) mass is 316 g/mol. The van der Waals surface area contributed by atoms with Gasteiger partial charge >= 0.3 is 6.61 Å². The van der Waals surface area contributed by atoms with Gasteiger partial charge in [0.15, 0.2) is 0 Å². The van der Waals surface area contributed by atoms with Gasteiger partial charge in [-0.25, -0.2) is 4.98 Å². The molecule has 0 aliphatic carbocycles. The molecule has 0 saturated carbocycles. The van der Waals surface area contributed by atoms with Crippen molar-refractivity contribution in [3.8, 4) is 17.0 Å². The van der Waals surface area contributed by atoms with Crippen molar-refractivity contribution in [1.82, 2.24) is 9.97 Å². The second-order valence-electron chi connectivity index (χ2n) is 5.28. The van der Waals surface area contributed by atoms with Crippen LogP contribution in [0.3, 0.4) is 0 Å². The lowest BCUT2D eigenvalue weighted by Crippen LogP contribution is -2.03. The molecule has 23 heavy (non-hydrogen) atoms. The Morgan fingerprint density at radius 1 is 1.13 bits per heavy atom. The average Bonchev–Trinajstić information content (AvgIpc) is 2.48. The second kappa shape index (κ2) is 5.79. The van der Waals surface area contributed by atoms with E-state index in [2.05, 4.69) is 14.7 Å². The van der Waals surface area contributed by atoms with Gasteiger partial charge in [0, 0.05) is 23.2 Å². The van der Waals surface area contributed by atoms with E-state index in [0.29, 0.717) is 11.2 Å². The van der Waals surface area contributed by atoms with Crippen LogP contribution in [0.5, 0.6) is 5.75 Å². The number of alkyl halides is 2. The van der Waals surface area contributed by atoms with Crippen LogP contribution in [0.4, 0.5) is 8.78 Å². The number of aryl methyl sites for hydroxylation is 2. The lowest BCUT2D eigenvalue weighted by atomic mass is 10.0. The number of nitrogens with zero attached hydrogens (tertiary/aromatic N) is 1. The van der Waals surface area contributed by atoms with Crippen LogP contribution in [-0.4, -0.2) is 16.6 Å². The molecule has 3 rings (SSSR count). The molecule has 4 nitrogen and oxygen atoms in total. The molecule has 0 bridgehead atoms. The topological polar surface area (TPSA) is 55.0 Å². The number of pyridine rings is 2. The van der Waals surface area contributed by atoms with Gasteiger partial charge < -0.3 is 9.72 Å². The Morgan fingerprint density at radius 2 is 1.91 bits per heavy atom. The van der Waals surface area contributed by atoms with Crippen molar-refractivity contribution in [3.63, 3.8) is 0 Å². The zero-order chi connectivity index (χ0) is 16.6. The number of aromatic amines is 1. The van der Waals surface area contributed by atoms with E-state index in [9.17, 15) is 13.6 Å². The number of benzene rings is 1. The van der Waals surface area contributed by atoms with Crippen molar-refractivity contribution < 1.29 is 13.5 Å². The van der Waals surface area contributed by atoms with Crippen molar-refractivity contribution in [2.75, 3.05) is 0 Å². The van der Waals surface area contributed by atoms with Gasteiger partial charge in [0.2, 0.25) is 5.56 Å². The lowest BCUT2D eigenvalue weighted by Gasteiger charge is -2.12. The number of nitrogens with one attached hydrogen (secondary N) is 1. The third kappa shape index (κ3) is 3.06. The Bertz CT molecular complexity index is 915. The molecule has 0 spiro atoms. The van der Waals surface area contributed by atoms with Crippen LogP contribution in [0.25, 0.3) is 22.2 Å². The first-order valence-electron chi connectivity index (χ1n) is 7.00. The highest BCUT2D eigenvalue weighted by atomic mass is 19.3. The van der Waals surface area contributed by atoms with Gasteiger partial charge in [-0.2, -0.15) is 8.78 Å². The number of rotatable bonds is 3. The van der Waals surface area contributed by atoms with Crippen molar-refractivity contribution >= 4 is 10.9 Å². The number of aromatic nitrogens is 2. The predicted molar refractivity (Wildman–Crippen MR) is 83.9 cm³/mol. The maximum absolute atomic E-state index is 12.4. The van der Waals surface area contributed by atoms with E-state index in [1.54, 1.807) is 25.3 Å². The Balaban J connectivity index is 2.16. The van der Waals surface area contributed by atoms with Gasteiger partial charge in [-0.1, -0.05) is 0 Å². The van der Waals surface area contributed by atoms with Gasteiger partial charge in [-0.3, -0.25) is 4.79 Å². The molecule has 0 saturated heterocycles. The van der Waals surface area contributed by atoms with Crippen LogP contribution in [0.15, 0.2) is 41.3 Å². The van der Waals surface area contributed by atoms with Crippen molar-refractivity contribution in [2.45, 2.75) is 20.5 Å². The first kappa shape index (κ1) is 15.1. The highest BCUT2D eigenvalue weighted by molar-refractivity contribution is 5.88. The van der Waals surface area contributed by atoms with Gasteiger partial charge in [-0.05, 0) is 49.2 Å². The van der Waals surface area contributed by atoms with E-state index in [-0.39, 0.29) is 11.3 Å². The smallest absolute Gasteiger partial charge is 0.387 e. The van der Waals surface area contributed by atoms with Crippen molar-refractivity contribution in [1.29, 1.82) is 0 Å². The van der Waals surface area contributed by atoms with Gasteiger partial charge in [0.1, 0.15) is 5.75 Å². The highest BCUT2D eigenvalue weighted by Crippen LogP contribution is 2.30. The molecule has 2 heterocycles. The fraction of sp³-hybridized carbons (Fsp3) is 0.176. The summed E-state index contributed by atoms with van der Waals surface area (Å²) in [6, 6.07) is 8.08. The molecule has 6 heteroatoms. The minimum atomic E-state index is -2.86. The van der Waals surface area contributed by atoms with Crippen LogP contribution in [0.2, 0.25) is 0 Å². The molecule has 0 fully saturated rings. The van der Waals surface area contributed by atoms with Gasteiger partial charge in [0.05, 0.1) is 11.2 Å². The predicted octanol–water partition coefficient (Wildman–Crippen LogP) is 3.81. The van der Waals surface area contributed by atoms with Gasteiger partial charge in [-0.15, -0.1) is 0 Å². The van der Waals surface area contributed by atoms with Gasteiger partial charge in [0.25, 0.3) is 0 Å². The number of H-pyrrole nitrogens is 1. The number of ether oxygens (including phenoxy) is 1. The third-order valence-electron chi connectivity index (χ3n) is 3.59. The minimum Gasteiger partial charge on any atom is -0.435 e. The molecule has 1 N–H and O–H groups in total. The Kier molecular flexibility index (Phi) is 3.82. The van der Waals surface area contributed by atoms with Crippen LogP contribution >= 0.6 is 0 Å². The van der Waals surface area contributed by atoms with E-state index in [1.165, 1.54) is 12.1 Å². The molecule has 3 aromatic rings. The van der Waals surface area contributed by atoms with Crippen LogP contribution in [-0.2, 0) is 0 Å². The molecule has 118 valence electrons. The van der Waals surface area contributed by atoms with Crippen molar-refractivity contribution in [2.24, 2.45) is 0 Å². The van der Waals surface area contributed by atoms with Crippen molar-refractivity contribution in [3.05, 3.63) is 58.0 Å². The van der Waals surface area contributed by atoms with E-state index < -0.39 is 6.61 Å². The van der Waals surface area contributed by atoms with E-state index >= 15 is 0 Å². The van der Waals surface area contributed by atoms with E-state index in [1.807, 2.05) is 13.0 Å². The van der Waals surface area contributed by atoms with Crippen LogP contribution in [0, 0.1) is 13.8 Å². The summed E-state index contributed by atoms with van der Waals surface area (Å²) in [6.07, 6.45) is 1.60. The molecule has 0 amide bonds. The second-order valence-corrected chi connectivity index (χ2v) is 5.28. The molecule has 1 aromatic carbocycles. The Morgan fingerprint density at radius 3 is 2.57 bits per heavy atom. The normalized spacial score (nSPS) is 11.2. The molecular formula is C17H14F2N2O2. The quantitative estimate of drug-likeness (QED) is 0.799. The van der Waals surface area contributed by atoms with E-state index in [4.69, 9.17) is 0 Å². The zero-order valence-electron chi connectivity index (χ0n) is 12.6. The van der Waals surface area contributed by atoms with E-state index in [0.717, 1.165) is 22.1 Å². The number of hydrogen-bond donors (Lipinski definition) is 1. The SMILES string of the molecule is Cc1cc(-c2ccc(=O)[nH]c2)nc2c(C)cc(OC(F)F)cc12. The fourth-order valence-corrected chi connectivity index (χ4v) is 2.52. The number of halogens is 2. The Hall–Kier alpha value is -2.76. The fourth-order valence-electron chi connectivity index (χ4n) is 2.52. The largest absolute Gasteiger partial charge is 0.435 e. The summed E-state index contributed by atoms with van der Waals surface area (Å²) >= 11 is 0. The Labute approximate surface area is 130 Å². The summed E-state index contributed by atoms with van der Waals surface area (Å²) in [7, 11) is 0. The molecule has 0 aliphatic rings. The molecule has 0 aliphatic heterocycles. The molecular weight excluding hydrogens is 302 g/mol. The zero-order valence-corrected chi connectivity index (χ0v) is 12.6. The molecule has 0 radical (unpaired) electrons. The maximum atomic E-state index is 12.4. The minimum absolute atomic E-state index is 0.117. The molecule has 2 aromatic heterocycles. The summed E-state index contributed by atoms with van der Waals surface area (Å²) in [5, 5.41) is 0.758. The maximum Gasteiger partial charge on any atom is 0.387 e. The molecule has 0 unspecified atom stereocenters. The lowest BCUT2D eigenvalue weighted by molar-refractivity contribution is -0.0497. The standard InChI is InChI=1S/C17H14F2N2O2/c1-9-6-14(11-3-4-15(22)20-8-11)21-16-10(2)5-12(7-13(9)16)23-17(18)19/h3-8,17H,1-2H3,(H,20,22). The highest BCUT2D eigenvalue weighted by Gasteiger charge is 2.11. The third-order valence-corrected chi connectivity index (χ3v) is 3.59. The molecule has 0 atom stereocenters. The summed E-state index contributed by atoms with van der Waals surface area (Å²) in [5.41, 5.74) is 3.65. The first-order chi connectivity index (χ1) is 10.9. The first-order valence-corrected chi connectivity index (χ1v) is 7.00. The summed E-state index contributed by atoms with van der Waals surface area (Å²) in [6.45, 7) is 0.815. The average molecular weight is 316 g/mol. The number of fused-ring (bicyclic) bond motifs is 1. The summed E-state index contributed by atoms with van der Waals surface area (Å²) in [4.78, 5) is 18.4. The van der Waals surface area contributed by atoms with Crippen LogP contribution in [0.1, 0.15) is 11.1 Å².